The molecule has 8 heteroatoms. The van der Waals surface area contributed by atoms with Crippen molar-refractivity contribution in [2.75, 3.05) is 6.54 Å². The molecule has 1 aromatic carbocycles. The summed E-state index contributed by atoms with van der Waals surface area (Å²) in [6, 6.07) is 7.74. The lowest BCUT2D eigenvalue weighted by atomic mass is 10.2. The number of aliphatic carboxylic acids is 1. The fourth-order valence-corrected chi connectivity index (χ4v) is 1.29. The van der Waals surface area contributed by atoms with Crippen LogP contribution >= 0.6 is 0 Å². The summed E-state index contributed by atoms with van der Waals surface area (Å²) >= 11 is 0. The molecular formula is C12H16N4O4. The van der Waals surface area contributed by atoms with Crippen molar-refractivity contribution in [1.29, 1.82) is 0 Å². The molecule has 0 saturated heterocycles. The molecule has 20 heavy (non-hydrogen) atoms. The van der Waals surface area contributed by atoms with Crippen molar-refractivity contribution in [2.45, 2.75) is 12.6 Å². The van der Waals surface area contributed by atoms with Gasteiger partial charge in [-0.25, -0.2) is 9.59 Å². The highest BCUT2D eigenvalue weighted by Gasteiger charge is 2.20. The summed E-state index contributed by atoms with van der Waals surface area (Å²) < 4.78 is 4.89. The maximum Gasteiger partial charge on any atom is 0.408 e. The molecule has 0 aliphatic rings. The molecule has 0 heterocycles. The first-order valence-electron chi connectivity index (χ1n) is 5.74. The van der Waals surface area contributed by atoms with Crippen LogP contribution in [-0.4, -0.2) is 35.7 Å². The molecule has 6 N–H and O–H groups in total. The monoisotopic (exact) mass is 280 g/mol. The number of carboxylic acid groups (broad SMARTS) is 1. The van der Waals surface area contributed by atoms with Gasteiger partial charge in [-0.1, -0.05) is 30.3 Å². The fourth-order valence-electron chi connectivity index (χ4n) is 1.29. The minimum absolute atomic E-state index is 0.0430. The zero-order chi connectivity index (χ0) is 15.0. The van der Waals surface area contributed by atoms with E-state index in [1.54, 1.807) is 24.3 Å². The number of benzene rings is 1. The van der Waals surface area contributed by atoms with Crippen molar-refractivity contribution < 1.29 is 19.4 Å². The Bertz CT molecular complexity index is 485. The predicted octanol–water partition coefficient (Wildman–Crippen LogP) is -0.361. The van der Waals surface area contributed by atoms with Crippen LogP contribution in [0.5, 0.6) is 0 Å². The van der Waals surface area contributed by atoms with Gasteiger partial charge >= 0.3 is 12.1 Å². The predicted molar refractivity (Wildman–Crippen MR) is 71.9 cm³/mol. The van der Waals surface area contributed by atoms with Crippen molar-refractivity contribution in [2.24, 2.45) is 16.5 Å². The molecule has 0 aliphatic carbocycles. The van der Waals surface area contributed by atoms with E-state index in [1.807, 2.05) is 6.07 Å². The van der Waals surface area contributed by atoms with E-state index in [9.17, 15) is 9.59 Å². The number of amides is 1. The minimum atomic E-state index is -1.26. The molecule has 1 amide bonds. The Labute approximate surface area is 115 Å². The quantitative estimate of drug-likeness (QED) is 0.414. The summed E-state index contributed by atoms with van der Waals surface area (Å²) in [6.07, 6.45) is -0.855. The molecule has 0 saturated carbocycles. The van der Waals surface area contributed by atoms with Gasteiger partial charge in [0.25, 0.3) is 0 Å². The molecule has 0 bridgehead atoms. The van der Waals surface area contributed by atoms with Gasteiger partial charge < -0.3 is 26.6 Å². The van der Waals surface area contributed by atoms with E-state index in [4.69, 9.17) is 21.3 Å². The number of rotatable bonds is 6. The van der Waals surface area contributed by atoms with Gasteiger partial charge in [0, 0.05) is 0 Å². The molecule has 0 spiro atoms. The van der Waals surface area contributed by atoms with E-state index in [0.717, 1.165) is 5.56 Å². The largest absolute Gasteiger partial charge is 0.480 e. The SMILES string of the molecule is NC(N)=NCC(NC(=O)OCc1ccccc1)C(=O)O. The van der Waals surface area contributed by atoms with Crippen LogP contribution < -0.4 is 16.8 Å². The van der Waals surface area contributed by atoms with E-state index in [2.05, 4.69) is 10.3 Å². The molecule has 108 valence electrons. The second-order valence-corrected chi connectivity index (χ2v) is 3.86. The van der Waals surface area contributed by atoms with Gasteiger partial charge in [0.2, 0.25) is 0 Å². The second-order valence-electron chi connectivity index (χ2n) is 3.86. The number of guanidine groups is 1. The molecule has 0 fully saturated rings. The molecule has 1 aromatic rings. The molecule has 1 unspecified atom stereocenters. The van der Waals surface area contributed by atoms with Crippen LogP contribution in [0.25, 0.3) is 0 Å². The summed E-state index contributed by atoms with van der Waals surface area (Å²) in [5, 5.41) is 11.1. The van der Waals surface area contributed by atoms with E-state index in [0.29, 0.717) is 0 Å². The van der Waals surface area contributed by atoms with Crippen LogP contribution in [0.4, 0.5) is 4.79 Å². The lowest BCUT2D eigenvalue weighted by Crippen LogP contribution is -2.43. The third kappa shape index (κ3) is 5.71. The van der Waals surface area contributed by atoms with Crippen molar-refractivity contribution in [3.63, 3.8) is 0 Å². The first-order chi connectivity index (χ1) is 9.49. The van der Waals surface area contributed by atoms with E-state index in [-0.39, 0.29) is 19.1 Å². The number of hydrogen-bond acceptors (Lipinski definition) is 4. The van der Waals surface area contributed by atoms with Gasteiger partial charge in [-0.2, -0.15) is 0 Å². The average molecular weight is 280 g/mol. The van der Waals surface area contributed by atoms with Crippen LogP contribution in [0.3, 0.4) is 0 Å². The molecule has 0 aliphatic heterocycles. The van der Waals surface area contributed by atoms with Gasteiger partial charge in [-0.3, -0.25) is 4.99 Å². The highest BCUT2D eigenvalue weighted by atomic mass is 16.5. The molecule has 1 rings (SSSR count). The van der Waals surface area contributed by atoms with Gasteiger partial charge in [0.05, 0.1) is 6.54 Å². The fraction of sp³-hybridized carbons (Fsp3) is 0.250. The number of aliphatic imine (C=N–C) groups is 1. The van der Waals surface area contributed by atoms with Crippen LogP contribution in [0.1, 0.15) is 5.56 Å². The Hall–Kier alpha value is -2.77. The topological polar surface area (TPSA) is 140 Å². The summed E-state index contributed by atoms with van der Waals surface area (Å²) in [5.74, 6) is -1.51. The van der Waals surface area contributed by atoms with Crippen LogP contribution in [0.15, 0.2) is 35.3 Å². The second kappa shape index (κ2) is 7.62. The van der Waals surface area contributed by atoms with Crippen molar-refractivity contribution >= 4 is 18.0 Å². The number of carbonyl (C=O) groups excluding carboxylic acids is 1. The Kier molecular flexibility index (Phi) is 5.82. The van der Waals surface area contributed by atoms with Crippen LogP contribution in [-0.2, 0) is 16.1 Å². The molecule has 0 aromatic heterocycles. The maximum absolute atomic E-state index is 11.5. The summed E-state index contributed by atoms with van der Waals surface area (Å²) in [5.41, 5.74) is 11.0. The summed E-state index contributed by atoms with van der Waals surface area (Å²) in [6.45, 7) is -0.223. The molecule has 0 radical (unpaired) electrons. The highest BCUT2D eigenvalue weighted by Crippen LogP contribution is 2.00. The maximum atomic E-state index is 11.5. The van der Waals surface area contributed by atoms with Crippen molar-refractivity contribution in [1.82, 2.24) is 5.32 Å². The van der Waals surface area contributed by atoms with Crippen molar-refractivity contribution in [3.8, 4) is 0 Å². The first-order valence-corrected chi connectivity index (χ1v) is 5.74. The Morgan fingerprint density at radius 1 is 1.30 bits per heavy atom. The normalized spacial score (nSPS) is 11.2. The van der Waals surface area contributed by atoms with Crippen molar-refractivity contribution in [3.05, 3.63) is 35.9 Å². The number of carboxylic acids is 1. The van der Waals surface area contributed by atoms with E-state index in [1.165, 1.54) is 0 Å². The lowest BCUT2D eigenvalue weighted by molar-refractivity contribution is -0.139. The average Bonchev–Trinajstić information content (AvgIpc) is 2.41. The van der Waals surface area contributed by atoms with E-state index >= 15 is 0 Å². The summed E-state index contributed by atoms with van der Waals surface area (Å²) in [4.78, 5) is 25.9. The number of alkyl carbamates (subject to hydrolysis) is 1. The third-order valence-electron chi connectivity index (χ3n) is 2.26. The van der Waals surface area contributed by atoms with Gasteiger partial charge in [-0.05, 0) is 5.56 Å². The number of nitrogens with zero attached hydrogens (tertiary/aromatic N) is 1. The Morgan fingerprint density at radius 2 is 1.95 bits per heavy atom. The number of hydrogen-bond donors (Lipinski definition) is 4. The lowest BCUT2D eigenvalue weighted by Gasteiger charge is -2.12. The summed E-state index contributed by atoms with van der Waals surface area (Å²) in [7, 11) is 0. The Morgan fingerprint density at radius 3 is 2.50 bits per heavy atom. The van der Waals surface area contributed by atoms with Crippen LogP contribution in [0, 0.1) is 0 Å². The number of ether oxygens (including phenoxy) is 1. The standard InChI is InChI=1S/C12H16N4O4/c13-11(14)15-6-9(10(17)18)16-12(19)20-7-8-4-2-1-3-5-8/h1-5,9H,6-7H2,(H,16,19)(H,17,18)(H4,13,14,15). The number of nitrogens with two attached hydrogens (primary N) is 2. The van der Waals surface area contributed by atoms with Gasteiger partial charge in [-0.15, -0.1) is 0 Å². The Balaban J connectivity index is 2.46. The number of carbonyl (C=O) groups is 2. The van der Waals surface area contributed by atoms with Gasteiger partial charge in [0.1, 0.15) is 12.6 Å². The molecule has 1 atom stereocenters. The highest BCUT2D eigenvalue weighted by molar-refractivity contribution is 5.81. The van der Waals surface area contributed by atoms with Gasteiger partial charge in [0.15, 0.2) is 5.96 Å². The number of nitrogens with one attached hydrogen (secondary N) is 1. The van der Waals surface area contributed by atoms with Crippen LogP contribution in [0.2, 0.25) is 0 Å². The third-order valence-corrected chi connectivity index (χ3v) is 2.26. The zero-order valence-corrected chi connectivity index (χ0v) is 10.7. The smallest absolute Gasteiger partial charge is 0.408 e. The zero-order valence-electron chi connectivity index (χ0n) is 10.7. The minimum Gasteiger partial charge on any atom is -0.480 e. The molecule has 8 nitrogen and oxygen atoms in total. The first kappa shape index (κ1) is 15.3. The molecular weight excluding hydrogens is 264 g/mol. The van der Waals surface area contributed by atoms with E-state index < -0.39 is 18.1 Å².